The van der Waals surface area contributed by atoms with Gasteiger partial charge in [0.05, 0.1) is 16.4 Å². The van der Waals surface area contributed by atoms with Crippen molar-refractivity contribution in [3.8, 4) is 5.75 Å². The van der Waals surface area contributed by atoms with Gasteiger partial charge in [0.1, 0.15) is 5.75 Å². The van der Waals surface area contributed by atoms with Crippen molar-refractivity contribution in [3.63, 3.8) is 0 Å². The Bertz CT molecular complexity index is 605. The van der Waals surface area contributed by atoms with Crippen LogP contribution in [0.3, 0.4) is 0 Å². The maximum absolute atomic E-state index is 12.2. The summed E-state index contributed by atoms with van der Waals surface area (Å²) < 4.78 is 5.31. The summed E-state index contributed by atoms with van der Waals surface area (Å²) in [5, 5.41) is 5.84. The van der Waals surface area contributed by atoms with Gasteiger partial charge in [0.15, 0.2) is 6.61 Å². The third kappa shape index (κ3) is 2.96. The SMILES string of the molecule is NC1CCC(C(=O)Nc2cc3c(cc2Cl)NC(=O)CO3)C1. The highest BCUT2D eigenvalue weighted by molar-refractivity contribution is 6.34. The van der Waals surface area contributed by atoms with Gasteiger partial charge in [-0.25, -0.2) is 0 Å². The van der Waals surface area contributed by atoms with Crippen LogP contribution in [0.2, 0.25) is 5.02 Å². The number of hydrogen-bond donors (Lipinski definition) is 3. The number of halogens is 1. The summed E-state index contributed by atoms with van der Waals surface area (Å²) in [6.07, 6.45) is 2.36. The first kappa shape index (κ1) is 14.2. The van der Waals surface area contributed by atoms with Crippen molar-refractivity contribution in [1.29, 1.82) is 0 Å². The van der Waals surface area contributed by atoms with Gasteiger partial charge in [-0.1, -0.05) is 11.6 Å². The molecule has 2 aliphatic rings. The Morgan fingerprint density at radius 1 is 1.43 bits per heavy atom. The van der Waals surface area contributed by atoms with E-state index in [2.05, 4.69) is 10.6 Å². The van der Waals surface area contributed by atoms with Gasteiger partial charge in [0.2, 0.25) is 5.91 Å². The number of benzene rings is 1. The molecule has 0 saturated heterocycles. The van der Waals surface area contributed by atoms with Crippen LogP contribution in [0.25, 0.3) is 0 Å². The van der Waals surface area contributed by atoms with Crippen LogP contribution in [0.1, 0.15) is 19.3 Å². The molecule has 0 radical (unpaired) electrons. The fourth-order valence-corrected chi connectivity index (χ4v) is 2.90. The Morgan fingerprint density at radius 2 is 2.24 bits per heavy atom. The average Bonchev–Trinajstić information content (AvgIpc) is 2.86. The smallest absolute Gasteiger partial charge is 0.262 e. The van der Waals surface area contributed by atoms with E-state index in [0.717, 1.165) is 12.8 Å². The second kappa shape index (κ2) is 5.54. The summed E-state index contributed by atoms with van der Waals surface area (Å²) in [4.78, 5) is 23.4. The van der Waals surface area contributed by atoms with E-state index in [1.54, 1.807) is 12.1 Å². The molecule has 7 heteroatoms. The predicted molar refractivity (Wildman–Crippen MR) is 79.5 cm³/mol. The van der Waals surface area contributed by atoms with Crippen LogP contribution in [0, 0.1) is 5.92 Å². The predicted octanol–water partition coefficient (Wildman–Crippen LogP) is 1.74. The summed E-state index contributed by atoms with van der Waals surface area (Å²) in [7, 11) is 0. The molecule has 1 fully saturated rings. The first-order valence-corrected chi connectivity index (χ1v) is 7.23. The Hall–Kier alpha value is -1.79. The first-order chi connectivity index (χ1) is 10.0. The molecule has 2 amide bonds. The minimum Gasteiger partial charge on any atom is -0.482 e. The molecule has 2 atom stereocenters. The van der Waals surface area contributed by atoms with Crippen molar-refractivity contribution < 1.29 is 14.3 Å². The molecule has 112 valence electrons. The first-order valence-electron chi connectivity index (χ1n) is 6.85. The van der Waals surface area contributed by atoms with E-state index >= 15 is 0 Å². The third-order valence-electron chi connectivity index (χ3n) is 3.80. The second-order valence-corrected chi connectivity index (χ2v) is 5.83. The van der Waals surface area contributed by atoms with Crippen molar-refractivity contribution in [1.82, 2.24) is 0 Å². The van der Waals surface area contributed by atoms with Crippen molar-refractivity contribution in [2.45, 2.75) is 25.3 Å². The van der Waals surface area contributed by atoms with E-state index in [4.69, 9.17) is 22.1 Å². The lowest BCUT2D eigenvalue weighted by atomic mass is 10.1. The van der Waals surface area contributed by atoms with E-state index in [9.17, 15) is 9.59 Å². The number of rotatable bonds is 2. The van der Waals surface area contributed by atoms with Gasteiger partial charge in [-0.05, 0) is 25.3 Å². The summed E-state index contributed by atoms with van der Waals surface area (Å²) in [6.45, 7) is -0.0422. The van der Waals surface area contributed by atoms with Crippen LogP contribution in [-0.4, -0.2) is 24.5 Å². The molecule has 6 nitrogen and oxygen atoms in total. The van der Waals surface area contributed by atoms with Crippen molar-refractivity contribution in [3.05, 3.63) is 17.2 Å². The minimum atomic E-state index is -0.227. The van der Waals surface area contributed by atoms with Crippen LogP contribution < -0.4 is 21.1 Å². The second-order valence-electron chi connectivity index (χ2n) is 5.42. The van der Waals surface area contributed by atoms with Gasteiger partial charge in [-0.15, -0.1) is 0 Å². The summed E-state index contributed by atoms with van der Waals surface area (Å²) >= 11 is 6.14. The average molecular weight is 310 g/mol. The fraction of sp³-hybridized carbons (Fsp3) is 0.429. The topological polar surface area (TPSA) is 93.5 Å². The Morgan fingerprint density at radius 3 is 2.95 bits per heavy atom. The number of amides is 2. The van der Waals surface area contributed by atoms with Crippen LogP contribution in [0.5, 0.6) is 5.75 Å². The number of hydrogen-bond acceptors (Lipinski definition) is 4. The Kier molecular flexibility index (Phi) is 3.73. The lowest BCUT2D eigenvalue weighted by molar-refractivity contribution is -0.120. The standard InChI is InChI=1S/C14H16ClN3O3/c15-9-4-11-12(21-6-13(19)17-11)5-10(9)18-14(20)7-1-2-8(16)3-7/h4-5,7-8H,1-3,6,16H2,(H,17,19)(H,18,20). The third-order valence-corrected chi connectivity index (χ3v) is 4.12. The van der Waals surface area contributed by atoms with Gasteiger partial charge >= 0.3 is 0 Å². The molecule has 1 saturated carbocycles. The molecule has 21 heavy (non-hydrogen) atoms. The van der Waals surface area contributed by atoms with Crippen LogP contribution >= 0.6 is 11.6 Å². The molecule has 0 aromatic heterocycles. The molecule has 1 aliphatic heterocycles. The number of carbonyl (C=O) groups is 2. The Labute approximate surface area is 127 Å². The van der Waals surface area contributed by atoms with Crippen molar-refractivity contribution >= 4 is 34.8 Å². The molecule has 4 N–H and O–H groups in total. The number of ether oxygens (including phenoxy) is 1. The quantitative estimate of drug-likeness (QED) is 0.775. The zero-order chi connectivity index (χ0) is 15.0. The number of fused-ring (bicyclic) bond motifs is 1. The Balaban J connectivity index is 1.76. The molecule has 3 rings (SSSR count). The molecule has 1 aliphatic carbocycles. The van der Waals surface area contributed by atoms with Gasteiger partial charge in [-0.3, -0.25) is 9.59 Å². The fourth-order valence-electron chi connectivity index (χ4n) is 2.69. The van der Waals surface area contributed by atoms with Crippen LogP contribution in [0.15, 0.2) is 12.1 Å². The van der Waals surface area contributed by atoms with Crippen LogP contribution in [-0.2, 0) is 9.59 Å². The molecule has 1 heterocycles. The molecular weight excluding hydrogens is 294 g/mol. The van der Waals surface area contributed by atoms with E-state index in [-0.39, 0.29) is 30.4 Å². The van der Waals surface area contributed by atoms with E-state index < -0.39 is 0 Å². The zero-order valence-electron chi connectivity index (χ0n) is 11.3. The highest BCUT2D eigenvalue weighted by Gasteiger charge is 2.28. The lowest BCUT2D eigenvalue weighted by Gasteiger charge is -2.20. The summed E-state index contributed by atoms with van der Waals surface area (Å²) in [6, 6.07) is 3.30. The van der Waals surface area contributed by atoms with E-state index in [1.807, 2.05) is 0 Å². The minimum absolute atomic E-state index is 0.0422. The maximum atomic E-state index is 12.2. The lowest BCUT2D eigenvalue weighted by Crippen LogP contribution is -2.26. The number of nitrogens with two attached hydrogens (primary N) is 1. The highest BCUT2D eigenvalue weighted by Crippen LogP contribution is 2.37. The number of anilines is 2. The maximum Gasteiger partial charge on any atom is 0.262 e. The monoisotopic (exact) mass is 309 g/mol. The zero-order valence-corrected chi connectivity index (χ0v) is 12.1. The molecule has 1 aromatic carbocycles. The van der Waals surface area contributed by atoms with Gasteiger partial charge in [-0.2, -0.15) is 0 Å². The summed E-state index contributed by atoms with van der Waals surface area (Å²) in [5.41, 5.74) is 6.82. The molecule has 0 bridgehead atoms. The van der Waals surface area contributed by atoms with Crippen LogP contribution in [0.4, 0.5) is 11.4 Å². The number of carbonyl (C=O) groups excluding carboxylic acids is 2. The molecule has 2 unspecified atom stereocenters. The van der Waals surface area contributed by atoms with E-state index in [0.29, 0.717) is 28.6 Å². The summed E-state index contributed by atoms with van der Waals surface area (Å²) in [5.74, 6) is 0.116. The van der Waals surface area contributed by atoms with Crippen molar-refractivity contribution in [2.24, 2.45) is 11.7 Å². The number of nitrogens with one attached hydrogen (secondary N) is 2. The van der Waals surface area contributed by atoms with E-state index in [1.165, 1.54) is 0 Å². The van der Waals surface area contributed by atoms with Crippen molar-refractivity contribution in [2.75, 3.05) is 17.2 Å². The largest absolute Gasteiger partial charge is 0.482 e. The molecule has 0 spiro atoms. The molecule has 1 aromatic rings. The van der Waals surface area contributed by atoms with Gasteiger partial charge in [0, 0.05) is 18.0 Å². The molecular formula is C14H16ClN3O3. The highest BCUT2D eigenvalue weighted by atomic mass is 35.5. The van der Waals surface area contributed by atoms with Gasteiger partial charge in [0.25, 0.3) is 5.91 Å². The normalized spacial score (nSPS) is 24.0. The van der Waals surface area contributed by atoms with Gasteiger partial charge < -0.3 is 21.1 Å².